The van der Waals surface area contributed by atoms with E-state index >= 15 is 0 Å². The zero-order valence-corrected chi connectivity index (χ0v) is 22.2. The first kappa shape index (κ1) is 26.1. The maximum absolute atomic E-state index is 13.5. The lowest BCUT2D eigenvalue weighted by molar-refractivity contribution is -0.126. The minimum atomic E-state index is -0.868. The maximum Gasteiger partial charge on any atom is 0.411 e. The molecule has 4 aromatic rings. The third kappa shape index (κ3) is 6.15. The van der Waals surface area contributed by atoms with Gasteiger partial charge in [0.15, 0.2) is 12.1 Å². The predicted molar refractivity (Wildman–Crippen MR) is 149 cm³/mol. The fourth-order valence-electron chi connectivity index (χ4n) is 4.50. The van der Waals surface area contributed by atoms with Crippen LogP contribution >= 0.6 is 11.3 Å². The van der Waals surface area contributed by atoms with Crippen molar-refractivity contribution in [3.05, 3.63) is 118 Å². The molecule has 1 saturated heterocycles. The Hall–Kier alpha value is -4.50. The van der Waals surface area contributed by atoms with Crippen molar-refractivity contribution in [3.8, 4) is 0 Å². The number of nitrogens with zero attached hydrogens (tertiary/aromatic N) is 2. The van der Waals surface area contributed by atoms with Crippen molar-refractivity contribution in [1.82, 2.24) is 15.2 Å². The predicted octanol–water partition coefficient (Wildman–Crippen LogP) is 5.12. The summed E-state index contributed by atoms with van der Waals surface area (Å²) in [5.41, 5.74) is 4.09. The maximum atomic E-state index is 13.5. The number of hydrogen-bond acceptors (Lipinski definition) is 6. The zero-order valence-electron chi connectivity index (χ0n) is 21.4. The van der Waals surface area contributed by atoms with Crippen molar-refractivity contribution >= 4 is 34.9 Å². The fraction of sp³-hybridized carbons (Fsp3) is 0.200. The second kappa shape index (κ2) is 11.9. The molecule has 0 radical (unpaired) electrons. The third-order valence-electron chi connectivity index (χ3n) is 6.60. The van der Waals surface area contributed by atoms with Crippen LogP contribution in [0.3, 0.4) is 0 Å². The number of aryl methyl sites for hydroxylation is 1. The van der Waals surface area contributed by atoms with E-state index < -0.39 is 18.2 Å². The number of amides is 3. The summed E-state index contributed by atoms with van der Waals surface area (Å²) in [7, 11) is 0. The Morgan fingerprint density at radius 1 is 1.00 bits per heavy atom. The number of hydrogen-bond donors (Lipinski definition) is 2. The molecule has 5 rings (SSSR count). The molecule has 8 nitrogen and oxygen atoms in total. The molecule has 9 heteroatoms. The molecule has 3 heterocycles. The SMILES string of the molecule is Cc1ccccc1CN1C(=O)OC(c2ccc(NC(=O)c3cccs3)cc2)C1C(=O)NCCc1ccccn1. The highest BCUT2D eigenvalue weighted by Crippen LogP contribution is 2.35. The Morgan fingerprint density at radius 2 is 1.79 bits per heavy atom. The average Bonchev–Trinajstić information content (AvgIpc) is 3.60. The molecule has 0 saturated carbocycles. The molecule has 0 spiro atoms. The second-order valence-electron chi connectivity index (χ2n) is 9.22. The van der Waals surface area contributed by atoms with Gasteiger partial charge in [0.25, 0.3) is 5.91 Å². The number of nitrogens with one attached hydrogen (secondary N) is 2. The topological polar surface area (TPSA) is 101 Å². The quantitative estimate of drug-likeness (QED) is 0.307. The first-order valence-corrected chi connectivity index (χ1v) is 13.5. The van der Waals surface area contributed by atoms with E-state index in [4.69, 9.17) is 4.74 Å². The highest BCUT2D eigenvalue weighted by molar-refractivity contribution is 7.12. The van der Waals surface area contributed by atoms with Crippen molar-refractivity contribution in [2.24, 2.45) is 0 Å². The van der Waals surface area contributed by atoms with Crippen LogP contribution in [0.2, 0.25) is 0 Å². The second-order valence-corrected chi connectivity index (χ2v) is 10.2. The molecule has 2 atom stereocenters. The number of rotatable bonds is 9. The third-order valence-corrected chi connectivity index (χ3v) is 7.47. The van der Waals surface area contributed by atoms with Gasteiger partial charge in [-0.2, -0.15) is 0 Å². The molecule has 0 bridgehead atoms. The van der Waals surface area contributed by atoms with Crippen LogP contribution in [0.15, 0.2) is 90.4 Å². The van der Waals surface area contributed by atoms with Gasteiger partial charge >= 0.3 is 6.09 Å². The van der Waals surface area contributed by atoms with Crippen LogP contribution < -0.4 is 10.6 Å². The molecule has 0 aliphatic carbocycles. The monoisotopic (exact) mass is 540 g/mol. The number of aromatic nitrogens is 1. The van der Waals surface area contributed by atoms with E-state index in [1.807, 2.05) is 60.8 Å². The van der Waals surface area contributed by atoms with Crippen molar-refractivity contribution in [2.75, 3.05) is 11.9 Å². The van der Waals surface area contributed by atoms with E-state index in [1.165, 1.54) is 16.2 Å². The summed E-state index contributed by atoms with van der Waals surface area (Å²) in [6.45, 7) is 2.59. The number of ether oxygens (including phenoxy) is 1. The standard InChI is InChI=1S/C30H28N4O4S/c1-20-7-2-3-8-22(20)19-34-26(29(36)32-17-15-23-9-4-5-16-31-23)27(38-30(34)37)21-11-13-24(14-12-21)33-28(35)25-10-6-18-39-25/h2-14,16,18,26-27H,15,17,19H2,1H3,(H,32,36)(H,33,35). The van der Waals surface area contributed by atoms with E-state index in [1.54, 1.807) is 36.5 Å². The molecule has 2 N–H and O–H groups in total. The highest BCUT2D eigenvalue weighted by atomic mass is 32.1. The summed E-state index contributed by atoms with van der Waals surface area (Å²) in [6, 6.07) is 23.1. The van der Waals surface area contributed by atoms with Crippen LogP contribution in [0.25, 0.3) is 0 Å². The number of carbonyl (C=O) groups excluding carboxylic acids is 3. The molecule has 2 aromatic carbocycles. The lowest BCUT2D eigenvalue weighted by Gasteiger charge is -2.25. The smallest absolute Gasteiger partial charge is 0.411 e. The van der Waals surface area contributed by atoms with Crippen LogP contribution in [0.4, 0.5) is 10.5 Å². The number of pyridine rings is 1. The van der Waals surface area contributed by atoms with Crippen molar-refractivity contribution in [3.63, 3.8) is 0 Å². The van der Waals surface area contributed by atoms with Crippen molar-refractivity contribution in [2.45, 2.75) is 32.0 Å². The van der Waals surface area contributed by atoms with Gasteiger partial charge in [-0.1, -0.05) is 48.5 Å². The van der Waals surface area contributed by atoms with E-state index in [0.29, 0.717) is 29.1 Å². The molecule has 198 valence electrons. The van der Waals surface area contributed by atoms with Crippen LogP contribution in [0.1, 0.15) is 38.2 Å². The van der Waals surface area contributed by atoms with E-state index in [-0.39, 0.29) is 18.4 Å². The van der Waals surface area contributed by atoms with Gasteiger partial charge in [0.2, 0.25) is 5.91 Å². The molecule has 1 aliphatic heterocycles. The Morgan fingerprint density at radius 3 is 2.51 bits per heavy atom. The van der Waals surface area contributed by atoms with Crippen LogP contribution in [-0.2, 0) is 22.5 Å². The Labute approximate surface area is 230 Å². The minimum absolute atomic E-state index is 0.195. The van der Waals surface area contributed by atoms with Crippen LogP contribution in [0, 0.1) is 6.92 Å². The van der Waals surface area contributed by atoms with E-state index in [9.17, 15) is 14.4 Å². The summed E-state index contributed by atoms with van der Waals surface area (Å²) in [5.74, 6) is -0.495. The molecule has 1 fully saturated rings. The first-order chi connectivity index (χ1) is 19.0. The van der Waals surface area contributed by atoms with Gasteiger partial charge in [0.05, 0.1) is 11.4 Å². The Bertz CT molecular complexity index is 1440. The van der Waals surface area contributed by atoms with Crippen LogP contribution in [0.5, 0.6) is 0 Å². The number of carbonyl (C=O) groups is 3. The Kier molecular flexibility index (Phi) is 7.98. The number of cyclic esters (lactones) is 1. The molecule has 3 amide bonds. The number of thiophene rings is 1. The average molecular weight is 541 g/mol. The van der Waals surface area contributed by atoms with Crippen molar-refractivity contribution in [1.29, 1.82) is 0 Å². The Balaban J connectivity index is 1.35. The van der Waals surface area contributed by atoms with Gasteiger partial charge in [-0.15, -0.1) is 11.3 Å². The lowest BCUT2D eigenvalue weighted by atomic mass is 9.99. The van der Waals surface area contributed by atoms with Gasteiger partial charge in [0.1, 0.15) is 0 Å². The van der Waals surface area contributed by atoms with Gasteiger partial charge in [0, 0.05) is 30.5 Å². The summed E-state index contributed by atoms with van der Waals surface area (Å²) in [4.78, 5) is 45.4. The normalized spacial score (nSPS) is 16.5. The van der Waals surface area contributed by atoms with Crippen molar-refractivity contribution < 1.29 is 19.1 Å². The highest BCUT2D eigenvalue weighted by Gasteiger charge is 2.47. The largest absolute Gasteiger partial charge is 0.438 e. The minimum Gasteiger partial charge on any atom is -0.438 e. The fourth-order valence-corrected chi connectivity index (χ4v) is 5.12. The van der Waals surface area contributed by atoms with Gasteiger partial charge in [-0.25, -0.2) is 4.79 Å². The van der Waals surface area contributed by atoms with Crippen LogP contribution in [-0.4, -0.2) is 40.4 Å². The summed E-state index contributed by atoms with van der Waals surface area (Å²) >= 11 is 1.36. The molecule has 2 unspecified atom stereocenters. The molecular formula is C30H28N4O4S. The summed E-state index contributed by atoms with van der Waals surface area (Å²) in [6.07, 6.45) is 0.920. The zero-order chi connectivity index (χ0) is 27.2. The summed E-state index contributed by atoms with van der Waals surface area (Å²) in [5, 5.41) is 7.68. The van der Waals surface area contributed by atoms with E-state index in [0.717, 1.165) is 16.8 Å². The van der Waals surface area contributed by atoms with E-state index in [2.05, 4.69) is 15.6 Å². The lowest BCUT2D eigenvalue weighted by Crippen LogP contribution is -2.46. The number of benzene rings is 2. The molecule has 2 aromatic heterocycles. The molecule has 1 aliphatic rings. The van der Waals surface area contributed by atoms with Gasteiger partial charge in [-0.3, -0.25) is 19.5 Å². The summed E-state index contributed by atoms with van der Waals surface area (Å²) < 4.78 is 5.78. The van der Waals surface area contributed by atoms with Gasteiger partial charge < -0.3 is 15.4 Å². The van der Waals surface area contributed by atoms with Gasteiger partial charge in [-0.05, 0) is 59.3 Å². The molecule has 39 heavy (non-hydrogen) atoms. The number of anilines is 1. The first-order valence-electron chi connectivity index (χ1n) is 12.6. The molecular weight excluding hydrogens is 512 g/mol.